The number of nitrogen functional groups attached to an aromatic ring is 2. The number of nitrogens with two attached hydrogens (primary N) is 2. The molecule has 5 rings (SSSR count). The highest BCUT2D eigenvalue weighted by Crippen LogP contribution is 2.41. The molecule has 0 atom stereocenters. The molecule has 170 valence electrons. The van der Waals surface area contributed by atoms with Gasteiger partial charge in [-0.3, -0.25) is 4.79 Å². The van der Waals surface area contributed by atoms with Crippen LogP contribution >= 0.6 is 0 Å². The number of methoxy groups -OCH3 is 2. The van der Waals surface area contributed by atoms with E-state index in [9.17, 15) is 4.79 Å². The van der Waals surface area contributed by atoms with Gasteiger partial charge in [0.1, 0.15) is 5.82 Å². The number of fused-ring (bicyclic) bond motifs is 2. The van der Waals surface area contributed by atoms with Crippen LogP contribution in [0.25, 0.3) is 21.7 Å². The van der Waals surface area contributed by atoms with E-state index < -0.39 is 0 Å². The second-order valence-corrected chi connectivity index (χ2v) is 7.80. The van der Waals surface area contributed by atoms with Gasteiger partial charge in [0.05, 0.1) is 14.2 Å². The predicted molar refractivity (Wildman–Crippen MR) is 130 cm³/mol. The molecule has 3 aromatic carbocycles. The Kier molecular flexibility index (Phi) is 5.25. The number of ether oxygens (including phenoxy) is 2. The zero-order valence-corrected chi connectivity index (χ0v) is 18.7. The Hall–Kier alpha value is -4.59. The molecule has 0 aliphatic heterocycles. The van der Waals surface area contributed by atoms with Crippen molar-refractivity contribution in [3.05, 3.63) is 83.2 Å². The first-order valence-corrected chi connectivity index (χ1v) is 10.6. The van der Waals surface area contributed by atoms with E-state index in [1.807, 2.05) is 42.5 Å². The number of aromatic nitrogens is 2. The summed E-state index contributed by atoms with van der Waals surface area (Å²) < 4.78 is 17.2. The maximum absolute atomic E-state index is 13.5. The number of carbonyl (C=O) groups is 1. The lowest BCUT2D eigenvalue weighted by Crippen LogP contribution is -2.04. The summed E-state index contributed by atoms with van der Waals surface area (Å²) >= 11 is 0. The second-order valence-electron chi connectivity index (χ2n) is 7.80. The molecule has 5 aromatic rings. The van der Waals surface area contributed by atoms with Gasteiger partial charge in [-0.2, -0.15) is 4.98 Å². The SMILES string of the molecule is COc1cc(Cc2cnc(N)nc2N)c2cc(C(=O)c3cccc4ccccc34)oc2c1OC. The van der Waals surface area contributed by atoms with Gasteiger partial charge in [0, 0.05) is 29.1 Å². The van der Waals surface area contributed by atoms with Crippen molar-refractivity contribution in [3.63, 3.8) is 0 Å². The van der Waals surface area contributed by atoms with E-state index in [0.29, 0.717) is 40.0 Å². The molecule has 0 saturated carbocycles. The van der Waals surface area contributed by atoms with E-state index in [-0.39, 0.29) is 23.3 Å². The molecular formula is C26H22N4O4. The zero-order chi connectivity index (χ0) is 23.8. The summed E-state index contributed by atoms with van der Waals surface area (Å²) in [7, 11) is 3.07. The van der Waals surface area contributed by atoms with Gasteiger partial charge in [0.15, 0.2) is 17.1 Å². The van der Waals surface area contributed by atoms with E-state index in [2.05, 4.69) is 9.97 Å². The number of carbonyl (C=O) groups excluding carboxylic acids is 1. The van der Waals surface area contributed by atoms with Crippen LogP contribution in [0.3, 0.4) is 0 Å². The van der Waals surface area contributed by atoms with Crippen LogP contribution in [0.1, 0.15) is 27.2 Å². The van der Waals surface area contributed by atoms with E-state index in [1.54, 1.807) is 25.4 Å². The summed E-state index contributed by atoms with van der Waals surface area (Å²) in [5, 5.41) is 2.53. The summed E-state index contributed by atoms with van der Waals surface area (Å²) in [6, 6.07) is 16.9. The average Bonchev–Trinajstić information content (AvgIpc) is 3.30. The molecule has 0 unspecified atom stereocenters. The molecule has 0 spiro atoms. The van der Waals surface area contributed by atoms with Crippen molar-refractivity contribution in [3.8, 4) is 11.5 Å². The van der Waals surface area contributed by atoms with Crippen LogP contribution in [-0.4, -0.2) is 30.0 Å². The fourth-order valence-corrected chi connectivity index (χ4v) is 4.15. The first-order valence-electron chi connectivity index (χ1n) is 10.6. The van der Waals surface area contributed by atoms with Crippen molar-refractivity contribution in [2.45, 2.75) is 6.42 Å². The molecular weight excluding hydrogens is 432 g/mol. The van der Waals surface area contributed by atoms with Crippen LogP contribution in [0.4, 0.5) is 11.8 Å². The molecule has 0 aliphatic carbocycles. The lowest BCUT2D eigenvalue weighted by atomic mass is 9.99. The number of furan rings is 1. The molecule has 4 N–H and O–H groups in total. The molecule has 8 nitrogen and oxygen atoms in total. The maximum Gasteiger partial charge on any atom is 0.228 e. The number of anilines is 2. The summed E-state index contributed by atoms with van der Waals surface area (Å²) in [6.07, 6.45) is 1.97. The number of hydrogen-bond acceptors (Lipinski definition) is 8. The molecule has 0 saturated heterocycles. The van der Waals surface area contributed by atoms with Gasteiger partial charge in [-0.15, -0.1) is 0 Å². The van der Waals surface area contributed by atoms with Gasteiger partial charge in [0.2, 0.25) is 17.5 Å². The molecule has 0 aliphatic rings. The van der Waals surface area contributed by atoms with Crippen LogP contribution in [0.5, 0.6) is 11.5 Å². The van der Waals surface area contributed by atoms with Crippen LogP contribution in [0.15, 0.2) is 65.2 Å². The van der Waals surface area contributed by atoms with Gasteiger partial charge in [0.25, 0.3) is 0 Å². The van der Waals surface area contributed by atoms with Gasteiger partial charge in [-0.1, -0.05) is 42.5 Å². The van der Waals surface area contributed by atoms with Gasteiger partial charge < -0.3 is 25.4 Å². The molecule has 2 heterocycles. The summed E-state index contributed by atoms with van der Waals surface area (Å²) in [6.45, 7) is 0. The van der Waals surface area contributed by atoms with Gasteiger partial charge in [-0.05, 0) is 28.5 Å². The Morgan fingerprint density at radius 1 is 0.971 bits per heavy atom. The monoisotopic (exact) mass is 454 g/mol. The van der Waals surface area contributed by atoms with Crippen molar-refractivity contribution >= 4 is 39.3 Å². The third-order valence-electron chi connectivity index (χ3n) is 5.79. The number of hydrogen-bond donors (Lipinski definition) is 2. The quantitative estimate of drug-likeness (QED) is 0.362. The minimum atomic E-state index is -0.227. The van der Waals surface area contributed by atoms with Crippen LogP contribution < -0.4 is 20.9 Å². The maximum atomic E-state index is 13.5. The fraction of sp³-hybridized carbons (Fsp3) is 0.115. The minimum Gasteiger partial charge on any atom is -0.493 e. The lowest BCUT2D eigenvalue weighted by molar-refractivity contribution is 0.101. The Labute approximate surface area is 195 Å². The van der Waals surface area contributed by atoms with Crippen LogP contribution in [0.2, 0.25) is 0 Å². The van der Waals surface area contributed by atoms with Gasteiger partial charge in [-0.25, -0.2) is 4.98 Å². The Morgan fingerprint density at radius 3 is 2.53 bits per heavy atom. The highest BCUT2D eigenvalue weighted by Gasteiger charge is 2.23. The largest absolute Gasteiger partial charge is 0.493 e. The highest BCUT2D eigenvalue weighted by atomic mass is 16.5. The fourth-order valence-electron chi connectivity index (χ4n) is 4.15. The summed E-state index contributed by atoms with van der Waals surface area (Å²) in [4.78, 5) is 21.6. The summed E-state index contributed by atoms with van der Waals surface area (Å²) in [5.74, 6) is 1.23. The first kappa shape index (κ1) is 21.3. The first-order chi connectivity index (χ1) is 16.5. The van der Waals surface area contributed by atoms with E-state index in [4.69, 9.17) is 25.4 Å². The molecule has 0 radical (unpaired) electrons. The van der Waals surface area contributed by atoms with E-state index >= 15 is 0 Å². The average molecular weight is 454 g/mol. The Morgan fingerprint density at radius 2 is 1.76 bits per heavy atom. The van der Waals surface area contributed by atoms with E-state index in [0.717, 1.165) is 16.3 Å². The smallest absolute Gasteiger partial charge is 0.228 e. The normalized spacial score (nSPS) is 11.1. The molecule has 0 bridgehead atoms. The lowest BCUT2D eigenvalue weighted by Gasteiger charge is -2.12. The number of nitrogens with zero attached hydrogens (tertiary/aromatic N) is 2. The molecule has 8 heteroatoms. The minimum absolute atomic E-state index is 0.102. The topological polar surface area (TPSA) is 126 Å². The van der Waals surface area contributed by atoms with Gasteiger partial charge >= 0.3 is 0 Å². The van der Waals surface area contributed by atoms with Crippen molar-refractivity contribution in [1.29, 1.82) is 0 Å². The van der Waals surface area contributed by atoms with E-state index in [1.165, 1.54) is 7.11 Å². The van der Waals surface area contributed by atoms with Crippen molar-refractivity contribution in [1.82, 2.24) is 9.97 Å². The van der Waals surface area contributed by atoms with Crippen molar-refractivity contribution in [2.24, 2.45) is 0 Å². The number of rotatable bonds is 6. The van der Waals surface area contributed by atoms with Crippen LogP contribution in [0, 0.1) is 0 Å². The standard InChI is InChI=1S/C26H22N4O4/c1-32-21-11-15(10-16-13-29-26(28)30-25(16)27)19-12-20(34-23(19)24(21)33-2)22(31)18-9-5-7-14-6-3-4-8-17(14)18/h3-9,11-13H,10H2,1-2H3,(H4,27,28,29,30). The van der Waals surface area contributed by atoms with Crippen molar-refractivity contribution < 1.29 is 18.7 Å². The zero-order valence-electron chi connectivity index (χ0n) is 18.7. The predicted octanol–water partition coefficient (Wildman–Crippen LogP) is 4.38. The third-order valence-corrected chi connectivity index (χ3v) is 5.79. The molecule has 34 heavy (non-hydrogen) atoms. The molecule has 2 aromatic heterocycles. The van der Waals surface area contributed by atoms with Crippen molar-refractivity contribution in [2.75, 3.05) is 25.7 Å². The third kappa shape index (κ3) is 3.55. The van der Waals surface area contributed by atoms with Crippen LogP contribution in [-0.2, 0) is 6.42 Å². The number of benzene rings is 3. The molecule has 0 amide bonds. The Bertz CT molecular complexity index is 1550. The summed E-state index contributed by atoms with van der Waals surface area (Å²) in [5.41, 5.74) is 14.2. The second kappa shape index (κ2) is 8.40. The molecule has 0 fully saturated rings. The highest BCUT2D eigenvalue weighted by molar-refractivity contribution is 6.16. The Balaban J connectivity index is 1.67. The number of ketones is 1.